The van der Waals surface area contributed by atoms with Gasteiger partial charge in [0.1, 0.15) is 0 Å². The normalized spacial score (nSPS) is 18.1. The molecule has 15 heavy (non-hydrogen) atoms. The van der Waals surface area contributed by atoms with Crippen LogP contribution in [0.1, 0.15) is 26.2 Å². The molecule has 0 radical (unpaired) electrons. The van der Waals surface area contributed by atoms with Crippen LogP contribution >= 0.6 is 11.6 Å². The molecule has 3 nitrogen and oxygen atoms in total. The minimum atomic E-state index is 0.270. The van der Waals surface area contributed by atoms with E-state index in [2.05, 4.69) is 11.8 Å². The van der Waals surface area contributed by atoms with Gasteiger partial charge in [0.2, 0.25) is 5.91 Å². The monoisotopic (exact) mass is 232 g/mol. The number of alkyl halides is 1. The van der Waals surface area contributed by atoms with E-state index in [9.17, 15) is 4.79 Å². The van der Waals surface area contributed by atoms with Gasteiger partial charge in [0.15, 0.2) is 0 Å². The van der Waals surface area contributed by atoms with Gasteiger partial charge in [0.05, 0.1) is 0 Å². The topological polar surface area (TPSA) is 23.6 Å². The van der Waals surface area contributed by atoms with E-state index in [1.807, 2.05) is 4.90 Å². The zero-order chi connectivity index (χ0) is 11.1. The van der Waals surface area contributed by atoms with Gasteiger partial charge >= 0.3 is 0 Å². The van der Waals surface area contributed by atoms with Gasteiger partial charge in [0, 0.05) is 38.5 Å². The van der Waals surface area contributed by atoms with E-state index in [-0.39, 0.29) is 5.91 Å². The third kappa shape index (κ3) is 4.39. The number of rotatable bonds is 5. The lowest BCUT2D eigenvalue weighted by Crippen LogP contribution is -2.48. The Bertz CT molecular complexity index is 191. The van der Waals surface area contributed by atoms with Crippen molar-refractivity contribution in [1.29, 1.82) is 0 Å². The third-order valence-corrected chi connectivity index (χ3v) is 3.06. The number of halogens is 1. The molecule has 0 spiro atoms. The van der Waals surface area contributed by atoms with Crippen LogP contribution < -0.4 is 0 Å². The quantitative estimate of drug-likeness (QED) is 0.672. The van der Waals surface area contributed by atoms with Crippen LogP contribution in [-0.4, -0.2) is 54.3 Å². The molecule has 1 fully saturated rings. The molecule has 0 aromatic rings. The Balaban J connectivity index is 2.21. The smallest absolute Gasteiger partial charge is 0.222 e. The maximum Gasteiger partial charge on any atom is 0.222 e. The first-order chi connectivity index (χ1) is 7.27. The molecule has 1 saturated heterocycles. The summed E-state index contributed by atoms with van der Waals surface area (Å²) in [5.74, 6) is 0.855. The number of hydrogen-bond donors (Lipinski definition) is 0. The highest BCUT2D eigenvalue weighted by molar-refractivity contribution is 6.17. The number of piperazine rings is 1. The van der Waals surface area contributed by atoms with Gasteiger partial charge in [-0.1, -0.05) is 6.92 Å². The lowest BCUT2D eigenvalue weighted by Gasteiger charge is -2.34. The van der Waals surface area contributed by atoms with Crippen molar-refractivity contribution >= 4 is 17.5 Å². The molecule has 1 rings (SSSR count). The maximum atomic E-state index is 11.7. The SMILES string of the molecule is CCCN1CCN(C(=O)CCCCl)CC1. The van der Waals surface area contributed by atoms with E-state index in [0.717, 1.165) is 39.1 Å². The Labute approximate surface area is 97.4 Å². The zero-order valence-electron chi connectivity index (χ0n) is 9.54. The van der Waals surface area contributed by atoms with Crippen molar-refractivity contribution in [2.24, 2.45) is 0 Å². The van der Waals surface area contributed by atoms with Gasteiger partial charge in [0.25, 0.3) is 0 Å². The van der Waals surface area contributed by atoms with Crippen molar-refractivity contribution in [3.8, 4) is 0 Å². The van der Waals surface area contributed by atoms with E-state index in [0.29, 0.717) is 12.3 Å². The fraction of sp³-hybridized carbons (Fsp3) is 0.909. The Morgan fingerprint density at radius 2 is 1.93 bits per heavy atom. The first-order valence-electron chi connectivity index (χ1n) is 5.84. The molecule has 0 atom stereocenters. The van der Waals surface area contributed by atoms with Gasteiger partial charge < -0.3 is 4.90 Å². The van der Waals surface area contributed by atoms with Crippen LogP contribution in [-0.2, 0) is 4.79 Å². The second-order valence-corrected chi connectivity index (χ2v) is 4.39. The fourth-order valence-electron chi connectivity index (χ4n) is 1.91. The van der Waals surface area contributed by atoms with Crippen LogP contribution in [0.3, 0.4) is 0 Å². The summed E-state index contributed by atoms with van der Waals surface area (Å²) in [5.41, 5.74) is 0. The lowest BCUT2D eigenvalue weighted by atomic mass is 10.2. The standard InChI is InChI=1S/C11H21ClN2O/c1-2-6-13-7-9-14(10-8-13)11(15)4-3-5-12/h2-10H2,1H3. The first kappa shape index (κ1) is 12.8. The van der Waals surface area contributed by atoms with Gasteiger partial charge in [-0.3, -0.25) is 9.69 Å². The average Bonchev–Trinajstić information content (AvgIpc) is 2.27. The molecule has 0 aromatic carbocycles. The van der Waals surface area contributed by atoms with E-state index in [1.165, 1.54) is 6.42 Å². The maximum absolute atomic E-state index is 11.7. The largest absolute Gasteiger partial charge is 0.340 e. The van der Waals surface area contributed by atoms with Crippen molar-refractivity contribution in [1.82, 2.24) is 9.80 Å². The number of carbonyl (C=O) groups excluding carboxylic acids is 1. The lowest BCUT2D eigenvalue weighted by molar-refractivity contribution is -0.132. The molecular formula is C11H21ClN2O. The summed E-state index contributed by atoms with van der Waals surface area (Å²) in [6.45, 7) is 7.19. The van der Waals surface area contributed by atoms with Crippen molar-refractivity contribution in [3.63, 3.8) is 0 Å². The van der Waals surface area contributed by atoms with Crippen molar-refractivity contribution in [3.05, 3.63) is 0 Å². The Kier molecular flexibility index (Phi) is 6.03. The number of nitrogens with zero attached hydrogens (tertiary/aromatic N) is 2. The van der Waals surface area contributed by atoms with Gasteiger partial charge in [-0.2, -0.15) is 0 Å². The molecule has 4 heteroatoms. The number of carbonyl (C=O) groups is 1. The summed E-state index contributed by atoms with van der Waals surface area (Å²) in [5, 5.41) is 0. The molecule has 0 saturated carbocycles. The van der Waals surface area contributed by atoms with E-state index in [4.69, 9.17) is 11.6 Å². The van der Waals surface area contributed by atoms with Crippen LogP contribution in [0, 0.1) is 0 Å². The van der Waals surface area contributed by atoms with Crippen LogP contribution in [0.4, 0.5) is 0 Å². The van der Waals surface area contributed by atoms with E-state index < -0.39 is 0 Å². The second-order valence-electron chi connectivity index (χ2n) is 4.01. The summed E-state index contributed by atoms with van der Waals surface area (Å²) in [4.78, 5) is 16.1. The molecule has 0 aliphatic carbocycles. The van der Waals surface area contributed by atoms with Crippen molar-refractivity contribution in [2.75, 3.05) is 38.6 Å². The highest BCUT2D eigenvalue weighted by Gasteiger charge is 2.19. The Morgan fingerprint density at radius 3 is 2.47 bits per heavy atom. The van der Waals surface area contributed by atoms with Crippen molar-refractivity contribution < 1.29 is 4.79 Å². The van der Waals surface area contributed by atoms with E-state index >= 15 is 0 Å². The molecule has 1 amide bonds. The number of hydrogen-bond acceptors (Lipinski definition) is 2. The predicted octanol–water partition coefficient (Wildman–Crippen LogP) is 1.56. The molecule has 1 aliphatic rings. The van der Waals surface area contributed by atoms with Crippen LogP contribution in [0.25, 0.3) is 0 Å². The summed E-state index contributed by atoms with van der Waals surface area (Å²) >= 11 is 5.57. The highest BCUT2D eigenvalue weighted by atomic mass is 35.5. The predicted molar refractivity (Wildman–Crippen MR) is 63.3 cm³/mol. The average molecular weight is 233 g/mol. The molecule has 0 aromatic heterocycles. The van der Waals surface area contributed by atoms with Crippen LogP contribution in [0.15, 0.2) is 0 Å². The molecule has 1 heterocycles. The van der Waals surface area contributed by atoms with Crippen LogP contribution in [0.2, 0.25) is 0 Å². The van der Waals surface area contributed by atoms with E-state index in [1.54, 1.807) is 0 Å². The summed E-state index contributed by atoms with van der Waals surface area (Å²) < 4.78 is 0. The summed E-state index contributed by atoms with van der Waals surface area (Å²) in [6, 6.07) is 0. The summed E-state index contributed by atoms with van der Waals surface area (Å²) in [6.07, 6.45) is 2.60. The molecule has 0 N–H and O–H groups in total. The molecule has 88 valence electrons. The van der Waals surface area contributed by atoms with Gasteiger partial charge in [-0.15, -0.1) is 11.6 Å². The van der Waals surface area contributed by atoms with Gasteiger partial charge in [-0.05, 0) is 19.4 Å². The molecule has 1 aliphatic heterocycles. The highest BCUT2D eigenvalue weighted by Crippen LogP contribution is 2.05. The molecule has 0 unspecified atom stereocenters. The minimum absolute atomic E-state index is 0.270. The first-order valence-corrected chi connectivity index (χ1v) is 6.37. The van der Waals surface area contributed by atoms with Crippen LogP contribution in [0.5, 0.6) is 0 Å². The van der Waals surface area contributed by atoms with Gasteiger partial charge in [-0.25, -0.2) is 0 Å². The number of amides is 1. The molecule has 0 bridgehead atoms. The minimum Gasteiger partial charge on any atom is -0.340 e. The van der Waals surface area contributed by atoms with Crippen molar-refractivity contribution in [2.45, 2.75) is 26.2 Å². The zero-order valence-corrected chi connectivity index (χ0v) is 10.3. The fourth-order valence-corrected chi connectivity index (χ4v) is 2.05. The Hall–Kier alpha value is -0.280. The Morgan fingerprint density at radius 1 is 1.27 bits per heavy atom. The second kappa shape index (κ2) is 7.07. The molecular weight excluding hydrogens is 212 g/mol. The summed E-state index contributed by atoms with van der Waals surface area (Å²) in [7, 11) is 0. The third-order valence-electron chi connectivity index (χ3n) is 2.79.